The van der Waals surface area contributed by atoms with Crippen molar-refractivity contribution >= 4 is 11.4 Å². The highest BCUT2D eigenvalue weighted by atomic mass is 16.5. The summed E-state index contributed by atoms with van der Waals surface area (Å²) in [4.78, 5) is 21.4. The molecule has 0 N–H and O–H groups in total. The van der Waals surface area contributed by atoms with E-state index in [1.165, 1.54) is 0 Å². The number of furan rings is 1. The molecule has 0 atom stereocenters. The molecule has 1 saturated carbocycles. The molecule has 5 rings (SSSR count). The van der Waals surface area contributed by atoms with Crippen molar-refractivity contribution in [1.82, 2.24) is 19.6 Å². The molecule has 0 radical (unpaired) electrons. The summed E-state index contributed by atoms with van der Waals surface area (Å²) in [6, 6.07) is 5.49. The van der Waals surface area contributed by atoms with Crippen molar-refractivity contribution in [2.75, 3.05) is 13.2 Å². The van der Waals surface area contributed by atoms with E-state index in [1.807, 2.05) is 18.2 Å². The van der Waals surface area contributed by atoms with Crippen molar-refractivity contribution < 1.29 is 13.9 Å². The first-order valence-corrected chi connectivity index (χ1v) is 8.19. The van der Waals surface area contributed by atoms with E-state index >= 15 is 0 Å². The quantitative estimate of drug-likeness (QED) is 0.714. The zero-order valence-electron chi connectivity index (χ0n) is 13.0. The highest BCUT2D eigenvalue weighted by Crippen LogP contribution is 2.31. The van der Waals surface area contributed by atoms with Crippen LogP contribution in [0.3, 0.4) is 0 Å². The lowest BCUT2D eigenvalue weighted by molar-refractivity contribution is -0.119. The topological polar surface area (TPSA) is 82.5 Å². The molecule has 1 aliphatic heterocycles. The number of ketones is 1. The fraction of sp³-hybridized carbons (Fsp3) is 0.412. The summed E-state index contributed by atoms with van der Waals surface area (Å²) in [6.45, 7) is 1.29. The third-order valence-electron chi connectivity index (χ3n) is 4.53. The molecular weight excluding hydrogens is 308 g/mol. The second-order valence-electron chi connectivity index (χ2n) is 6.44. The molecule has 7 heteroatoms. The van der Waals surface area contributed by atoms with E-state index in [-0.39, 0.29) is 17.6 Å². The molecule has 0 unspecified atom stereocenters. The average molecular weight is 324 g/mol. The predicted molar refractivity (Wildman–Crippen MR) is 83.5 cm³/mol. The monoisotopic (exact) mass is 324 g/mol. The van der Waals surface area contributed by atoms with E-state index in [9.17, 15) is 4.79 Å². The van der Waals surface area contributed by atoms with E-state index < -0.39 is 0 Å². The summed E-state index contributed by atoms with van der Waals surface area (Å²) in [5.41, 5.74) is 1.41. The van der Waals surface area contributed by atoms with Crippen LogP contribution >= 0.6 is 0 Å². The van der Waals surface area contributed by atoms with Crippen LogP contribution in [0.2, 0.25) is 0 Å². The van der Waals surface area contributed by atoms with Crippen molar-refractivity contribution in [1.29, 1.82) is 0 Å². The first kappa shape index (κ1) is 13.9. The zero-order chi connectivity index (χ0) is 16.1. The molecule has 3 aromatic heterocycles. The smallest absolute Gasteiger partial charge is 0.199 e. The van der Waals surface area contributed by atoms with Crippen molar-refractivity contribution in [3.63, 3.8) is 0 Å². The Bertz CT molecular complexity index is 907. The van der Waals surface area contributed by atoms with Gasteiger partial charge in [-0.2, -0.15) is 4.52 Å². The van der Waals surface area contributed by atoms with Gasteiger partial charge in [0.25, 0.3) is 0 Å². The van der Waals surface area contributed by atoms with Gasteiger partial charge in [0.2, 0.25) is 0 Å². The van der Waals surface area contributed by atoms with E-state index in [1.54, 1.807) is 10.8 Å². The second-order valence-corrected chi connectivity index (χ2v) is 6.44. The third-order valence-corrected chi connectivity index (χ3v) is 4.53. The number of carbonyl (C=O) groups excluding carboxylic acids is 1. The van der Waals surface area contributed by atoms with E-state index in [2.05, 4.69) is 15.1 Å². The van der Waals surface area contributed by atoms with Crippen molar-refractivity contribution in [2.24, 2.45) is 5.92 Å². The Balaban J connectivity index is 1.61. The minimum atomic E-state index is 0.218. The van der Waals surface area contributed by atoms with Crippen LogP contribution in [0.15, 0.2) is 28.9 Å². The number of ether oxygens (including phenoxy) is 1. The van der Waals surface area contributed by atoms with Crippen LogP contribution in [0.4, 0.5) is 0 Å². The van der Waals surface area contributed by atoms with Gasteiger partial charge in [-0.15, -0.1) is 5.10 Å². The fourth-order valence-electron chi connectivity index (χ4n) is 2.90. The number of nitrogens with zero attached hydrogens (tertiary/aromatic N) is 4. The third kappa shape index (κ3) is 2.32. The molecule has 4 heterocycles. The van der Waals surface area contributed by atoms with Crippen molar-refractivity contribution in [2.45, 2.75) is 25.2 Å². The Kier molecular flexibility index (Phi) is 3.02. The number of hydrogen-bond donors (Lipinski definition) is 0. The highest BCUT2D eigenvalue weighted by molar-refractivity contribution is 5.85. The van der Waals surface area contributed by atoms with Gasteiger partial charge < -0.3 is 9.15 Å². The summed E-state index contributed by atoms with van der Waals surface area (Å²) in [7, 11) is 0. The Morgan fingerprint density at radius 3 is 2.83 bits per heavy atom. The van der Waals surface area contributed by atoms with Crippen LogP contribution in [0.5, 0.6) is 0 Å². The second kappa shape index (κ2) is 5.24. The van der Waals surface area contributed by atoms with Gasteiger partial charge >= 0.3 is 0 Å². The van der Waals surface area contributed by atoms with Crippen LogP contribution in [0.1, 0.15) is 30.3 Å². The van der Waals surface area contributed by atoms with Gasteiger partial charge in [0.05, 0.1) is 31.1 Å². The summed E-state index contributed by atoms with van der Waals surface area (Å²) < 4.78 is 12.4. The summed E-state index contributed by atoms with van der Waals surface area (Å²) in [6.07, 6.45) is 3.94. The van der Waals surface area contributed by atoms with Gasteiger partial charge in [0, 0.05) is 18.4 Å². The van der Waals surface area contributed by atoms with E-state index in [0.717, 1.165) is 24.4 Å². The Labute approximate surface area is 137 Å². The lowest BCUT2D eigenvalue weighted by atomic mass is 10.1. The maximum absolute atomic E-state index is 12.2. The molecule has 3 aromatic rings. The lowest BCUT2D eigenvalue weighted by Gasteiger charge is -2.22. The maximum Gasteiger partial charge on any atom is 0.199 e. The lowest BCUT2D eigenvalue weighted by Crippen LogP contribution is -2.26. The van der Waals surface area contributed by atoms with Gasteiger partial charge in [-0.1, -0.05) is 0 Å². The number of rotatable bonds is 5. The Morgan fingerprint density at radius 1 is 1.29 bits per heavy atom. The van der Waals surface area contributed by atoms with Crippen LogP contribution in [0.25, 0.3) is 17.2 Å². The number of Topliss-reactive ketones (excluding diaryl/α,β-unsaturated/α-hetero) is 1. The molecular formula is C17H16N4O3. The SMILES string of the molecule is O=C(Cc1cc2nc(C3COC3)nn2c(-c2ccco2)n1)C1CC1. The van der Waals surface area contributed by atoms with Gasteiger partial charge in [0.15, 0.2) is 23.1 Å². The van der Waals surface area contributed by atoms with Crippen molar-refractivity contribution in [3.05, 3.63) is 36.0 Å². The largest absolute Gasteiger partial charge is 0.461 e. The minimum Gasteiger partial charge on any atom is -0.461 e. The molecule has 0 aromatic carbocycles. The van der Waals surface area contributed by atoms with Crippen LogP contribution in [-0.4, -0.2) is 38.6 Å². The number of fused-ring (bicyclic) bond motifs is 1. The van der Waals surface area contributed by atoms with Crippen LogP contribution < -0.4 is 0 Å². The van der Waals surface area contributed by atoms with E-state index in [0.29, 0.717) is 36.9 Å². The molecule has 0 amide bonds. The van der Waals surface area contributed by atoms with Gasteiger partial charge in [0.1, 0.15) is 5.78 Å². The normalized spacial score (nSPS) is 18.0. The number of hydrogen-bond acceptors (Lipinski definition) is 6. The standard InChI is InChI=1S/C17H16N4O3/c22-13(10-3-4-10)6-12-7-15-19-16(11-8-23-9-11)20-21(15)17(18-12)14-2-1-5-24-14/h1-2,5,7,10-11H,3-4,6,8-9H2. The number of carbonyl (C=O) groups is 1. The van der Waals surface area contributed by atoms with Gasteiger partial charge in [-0.25, -0.2) is 9.97 Å². The summed E-state index contributed by atoms with van der Waals surface area (Å²) >= 11 is 0. The van der Waals surface area contributed by atoms with Gasteiger partial charge in [-0.3, -0.25) is 4.79 Å². The molecule has 0 spiro atoms. The molecule has 0 bridgehead atoms. The molecule has 1 aliphatic carbocycles. The van der Waals surface area contributed by atoms with Crippen LogP contribution in [0, 0.1) is 5.92 Å². The van der Waals surface area contributed by atoms with E-state index in [4.69, 9.17) is 9.15 Å². The first-order valence-electron chi connectivity index (χ1n) is 8.19. The maximum atomic E-state index is 12.2. The molecule has 2 fully saturated rings. The Morgan fingerprint density at radius 2 is 2.17 bits per heavy atom. The molecule has 1 saturated heterocycles. The van der Waals surface area contributed by atoms with Gasteiger partial charge in [-0.05, 0) is 25.0 Å². The first-order chi connectivity index (χ1) is 11.8. The molecule has 24 heavy (non-hydrogen) atoms. The highest BCUT2D eigenvalue weighted by Gasteiger charge is 2.30. The van der Waals surface area contributed by atoms with Crippen molar-refractivity contribution in [3.8, 4) is 11.6 Å². The number of aromatic nitrogens is 4. The predicted octanol–water partition coefficient (Wildman–Crippen LogP) is 2.02. The zero-order valence-corrected chi connectivity index (χ0v) is 13.0. The Hall–Kier alpha value is -2.54. The molecule has 7 nitrogen and oxygen atoms in total. The minimum absolute atomic E-state index is 0.218. The van der Waals surface area contributed by atoms with Crippen LogP contribution in [-0.2, 0) is 16.0 Å². The average Bonchev–Trinajstić information content (AvgIpc) is 3.07. The molecule has 122 valence electrons. The molecule has 2 aliphatic rings. The fourth-order valence-corrected chi connectivity index (χ4v) is 2.90. The summed E-state index contributed by atoms with van der Waals surface area (Å²) in [5, 5.41) is 4.58. The summed E-state index contributed by atoms with van der Waals surface area (Å²) in [5.74, 6) is 2.64.